The predicted octanol–water partition coefficient (Wildman–Crippen LogP) is 3.08. The minimum atomic E-state index is 1.01. The molecule has 1 aromatic carbocycles. The molecule has 1 saturated heterocycles. The van der Waals surface area contributed by atoms with Crippen LogP contribution in [0.2, 0.25) is 0 Å². The molecule has 2 nitrogen and oxygen atoms in total. The number of unbranched alkanes of at least 4 members (excludes halogenated alkanes) is 1. The van der Waals surface area contributed by atoms with E-state index in [1.165, 1.54) is 24.1 Å². The lowest BCUT2D eigenvalue weighted by Gasteiger charge is -2.19. The van der Waals surface area contributed by atoms with E-state index in [9.17, 15) is 0 Å². The highest BCUT2D eigenvalue weighted by Gasteiger charge is 2.21. The maximum absolute atomic E-state index is 4.16. The molecule has 1 aromatic rings. The van der Waals surface area contributed by atoms with Gasteiger partial charge < -0.3 is 4.90 Å². The molecular weight excluding hydrogens is 208 g/mol. The fourth-order valence-corrected chi connectivity index (χ4v) is 2.27. The summed E-state index contributed by atoms with van der Waals surface area (Å²) < 4.78 is 0. The van der Waals surface area contributed by atoms with Crippen molar-refractivity contribution in [3.05, 3.63) is 48.2 Å². The summed E-state index contributed by atoms with van der Waals surface area (Å²) in [6, 6.07) is 10.7. The van der Waals surface area contributed by atoms with Crippen molar-refractivity contribution in [2.75, 3.05) is 19.8 Å². The number of hydrogen-bond acceptors (Lipinski definition) is 2. The van der Waals surface area contributed by atoms with Crippen molar-refractivity contribution in [1.82, 2.24) is 9.80 Å². The molecule has 1 fully saturated rings. The Hall–Kier alpha value is -1.28. The van der Waals surface area contributed by atoms with Gasteiger partial charge in [-0.2, -0.15) is 0 Å². The molecule has 0 spiro atoms. The molecule has 0 unspecified atom stereocenters. The van der Waals surface area contributed by atoms with Gasteiger partial charge in [0.25, 0.3) is 0 Å². The Morgan fingerprint density at radius 3 is 2.71 bits per heavy atom. The fourth-order valence-electron chi connectivity index (χ4n) is 2.27. The first-order valence-electron chi connectivity index (χ1n) is 6.48. The van der Waals surface area contributed by atoms with E-state index in [1.54, 1.807) is 0 Å². The molecule has 0 radical (unpaired) electrons. The summed E-state index contributed by atoms with van der Waals surface area (Å²) in [5, 5.41) is 0. The van der Waals surface area contributed by atoms with Crippen LogP contribution in [0.5, 0.6) is 0 Å². The van der Waals surface area contributed by atoms with Crippen LogP contribution in [-0.2, 0) is 6.54 Å². The van der Waals surface area contributed by atoms with E-state index in [-0.39, 0.29) is 0 Å². The summed E-state index contributed by atoms with van der Waals surface area (Å²) in [7, 11) is 0. The van der Waals surface area contributed by atoms with Crippen LogP contribution in [0, 0.1) is 0 Å². The van der Waals surface area contributed by atoms with Crippen molar-refractivity contribution in [1.29, 1.82) is 0 Å². The van der Waals surface area contributed by atoms with Gasteiger partial charge >= 0.3 is 0 Å². The summed E-state index contributed by atoms with van der Waals surface area (Å²) >= 11 is 0. The smallest absolute Gasteiger partial charge is 0.0710 e. The van der Waals surface area contributed by atoms with Gasteiger partial charge in [-0.05, 0) is 12.0 Å². The minimum Gasteiger partial charge on any atom is -0.361 e. The van der Waals surface area contributed by atoms with Crippen LogP contribution < -0.4 is 0 Å². The summed E-state index contributed by atoms with van der Waals surface area (Å²) in [5.74, 6) is 0. The highest BCUT2D eigenvalue weighted by atomic mass is 15.4. The van der Waals surface area contributed by atoms with Crippen LogP contribution in [0.3, 0.4) is 0 Å². The average molecular weight is 230 g/mol. The van der Waals surface area contributed by atoms with Crippen LogP contribution >= 0.6 is 0 Å². The predicted molar refractivity (Wildman–Crippen MR) is 72.5 cm³/mol. The molecule has 1 aliphatic rings. The third-order valence-electron chi connectivity index (χ3n) is 3.25. The Balaban J connectivity index is 1.86. The SMILES string of the molecule is C=C1CN(Cc2ccccc2)CN1CCCC. The lowest BCUT2D eigenvalue weighted by Crippen LogP contribution is -2.25. The monoisotopic (exact) mass is 230 g/mol. The number of hydrogen-bond donors (Lipinski definition) is 0. The Labute approximate surface area is 105 Å². The Kier molecular flexibility index (Phi) is 4.21. The molecule has 2 heteroatoms. The van der Waals surface area contributed by atoms with E-state index in [4.69, 9.17) is 0 Å². The molecule has 0 saturated carbocycles. The lowest BCUT2D eigenvalue weighted by atomic mass is 10.2. The molecule has 92 valence electrons. The summed E-state index contributed by atoms with van der Waals surface area (Å²) in [4.78, 5) is 4.86. The lowest BCUT2D eigenvalue weighted by molar-refractivity contribution is 0.246. The van der Waals surface area contributed by atoms with Crippen molar-refractivity contribution < 1.29 is 0 Å². The zero-order valence-corrected chi connectivity index (χ0v) is 10.7. The second-order valence-electron chi connectivity index (χ2n) is 4.80. The third kappa shape index (κ3) is 3.34. The number of nitrogens with zero attached hydrogens (tertiary/aromatic N) is 2. The first-order valence-corrected chi connectivity index (χ1v) is 6.48. The maximum atomic E-state index is 4.16. The molecule has 0 amide bonds. The van der Waals surface area contributed by atoms with Crippen LogP contribution in [0.1, 0.15) is 25.3 Å². The van der Waals surface area contributed by atoms with Crippen LogP contribution in [0.15, 0.2) is 42.6 Å². The average Bonchev–Trinajstić information content (AvgIpc) is 2.68. The molecule has 2 rings (SSSR count). The van der Waals surface area contributed by atoms with Crippen molar-refractivity contribution in [3.8, 4) is 0 Å². The van der Waals surface area contributed by atoms with Gasteiger partial charge in [-0.3, -0.25) is 4.90 Å². The van der Waals surface area contributed by atoms with Crippen molar-refractivity contribution in [3.63, 3.8) is 0 Å². The highest BCUT2D eigenvalue weighted by molar-refractivity contribution is 5.15. The number of rotatable bonds is 5. The first-order chi connectivity index (χ1) is 8.29. The molecule has 0 atom stereocenters. The zero-order valence-electron chi connectivity index (χ0n) is 10.7. The van der Waals surface area contributed by atoms with Crippen molar-refractivity contribution >= 4 is 0 Å². The summed E-state index contributed by atoms with van der Waals surface area (Å²) in [5.41, 5.74) is 2.66. The van der Waals surface area contributed by atoms with Crippen LogP contribution in [0.25, 0.3) is 0 Å². The summed E-state index contributed by atoms with van der Waals surface area (Å²) in [6.07, 6.45) is 2.51. The van der Waals surface area contributed by atoms with Crippen LogP contribution in [0.4, 0.5) is 0 Å². The Morgan fingerprint density at radius 2 is 2.00 bits per heavy atom. The molecule has 17 heavy (non-hydrogen) atoms. The van der Waals surface area contributed by atoms with Crippen LogP contribution in [-0.4, -0.2) is 29.6 Å². The van der Waals surface area contributed by atoms with Gasteiger partial charge in [0.15, 0.2) is 0 Å². The molecule has 1 aliphatic heterocycles. The van der Waals surface area contributed by atoms with Crippen molar-refractivity contribution in [2.24, 2.45) is 0 Å². The van der Waals surface area contributed by atoms with E-state index in [1.807, 2.05) is 0 Å². The van der Waals surface area contributed by atoms with Crippen molar-refractivity contribution in [2.45, 2.75) is 26.3 Å². The Morgan fingerprint density at radius 1 is 1.24 bits per heavy atom. The molecule has 0 bridgehead atoms. The normalized spacial score (nSPS) is 16.8. The fraction of sp³-hybridized carbons (Fsp3) is 0.467. The minimum absolute atomic E-state index is 1.01. The summed E-state index contributed by atoms with van der Waals surface area (Å²) in [6.45, 7) is 10.6. The standard InChI is InChI=1S/C15H22N2/c1-3-4-10-17-13-16(11-14(17)2)12-15-8-6-5-7-9-15/h5-9H,2-4,10-13H2,1H3. The molecule has 0 N–H and O–H groups in total. The molecule has 1 heterocycles. The van der Waals surface area contributed by atoms with Gasteiger partial charge in [0.1, 0.15) is 0 Å². The van der Waals surface area contributed by atoms with Gasteiger partial charge in [-0.25, -0.2) is 0 Å². The van der Waals surface area contributed by atoms with E-state index >= 15 is 0 Å². The van der Waals surface area contributed by atoms with E-state index in [0.29, 0.717) is 0 Å². The van der Waals surface area contributed by atoms with Gasteiger partial charge in [0.05, 0.1) is 6.67 Å². The van der Waals surface area contributed by atoms with Gasteiger partial charge in [0, 0.05) is 25.3 Å². The third-order valence-corrected chi connectivity index (χ3v) is 3.25. The van der Waals surface area contributed by atoms with Gasteiger partial charge in [0.2, 0.25) is 0 Å². The zero-order chi connectivity index (χ0) is 12.1. The van der Waals surface area contributed by atoms with Gasteiger partial charge in [-0.15, -0.1) is 0 Å². The van der Waals surface area contributed by atoms with E-state index in [2.05, 4.69) is 53.6 Å². The number of benzene rings is 1. The topological polar surface area (TPSA) is 6.48 Å². The first kappa shape index (κ1) is 12.2. The van der Waals surface area contributed by atoms with Gasteiger partial charge in [-0.1, -0.05) is 50.3 Å². The maximum Gasteiger partial charge on any atom is 0.0710 e. The largest absolute Gasteiger partial charge is 0.361 e. The molecule has 0 aromatic heterocycles. The highest BCUT2D eigenvalue weighted by Crippen LogP contribution is 2.18. The molecular formula is C15H22N2. The quantitative estimate of drug-likeness (QED) is 0.767. The van der Waals surface area contributed by atoms with E-state index in [0.717, 1.165) is 26.3 Å². The second kappa shape index (κ2) is 5.87. The molecule has 0 aliphatic carbocycles. The second-order valence-corrected chi connectivity index (χ2v) is 4.80. The van der Waals surface area contributed by atoms with E-state index < -0.39 is 0 Å². The Bertz CT molecular complexity index is 358.